The highest BCUT2D eigenvalue weighted by Gasteiger charge is 2.14. The highest BCUT2D eigenvalue weighted by Crippen LogP contribution is 2.32. The Kier molecular flexibility index (Phi) is 6.54. The summed E-state index contributed by atoms with van der Waals surface area (Å²) in [5.41, 5.74) is 2.26. The molecule has 6 nitrogen and oxygen atoms in total. The Morgan fingerprint density at radius 3 is 2.72 bits per heavy atom. The summed E-state index contributed by atoms with van der Waals surface area (Å²) >= 11 is 6.31. The Balaban J connectivity index is 2.04. The van der Waals surface area contributed by atoms with Gasteiger partial charge in [0.25, 0.3) is 0 Å². The van der Waals surface area contributed by atoms with E-state index in [2.05, 4.69) is 29.1 Å². The van der Waals surface area contributed by atoms with Gasteiger partial charge in [0.2, 0.25) is 5.56 Å². The Labute approximate surface area is 175 Å². The minimum Gasteiger partial charge on any atom is -0.422 e. The monoisotopic (exact) mass is 412 g/mol. The van der Waals surface area contributed by atoms with Gasteiger partial charge >= 0.3 is 6.01 Å². The summed E-state index contributed by atoms with van der Waals surface area (Å²) in [4.78, 5) is 20.8. The number of aromatic nitrogens is 3. The number of rotatable bonds is 7. The second kappa shape index (κ2) is 9.09. The quantitative estimate of drug-likeness (QED) is 0.577. The van der Waals surface area contributed by atoms with E-state index in [-0.39, 0.29) is 17.6 Å². The lowest BCUT2D eigenvalue weighted by atomic mass is 10.2. The van der Waals surface area contributed by atoms with Gasteiger partial charge in [0.05, 0.1) is 10.7 Å². The molecule has 1 atom stereocenters. The maximum atomic E-state index is 11.7. The van der Waals surface area contributed by atoms with E-state index >= 15 is 0 Å². The van der Waals surface area contributed by atoms with E-state index in [1.807, 2.05) is 25.1 Å². The molecule has 2 heterocycles. The fourth-order valence-corrected chi connectivity index (χ4v) is 3.29. The van der Waals surface area contributed by atoms with Gasteiger partial charge in [0.1, 0.15) is 5.82 Å². The minimum atomic E-state index is -0.0825. The molecule has 3 aromatic rings. The molecule has 7 heteroatoms. The highest BCUT2D eigenvalue weighted by atomic mass is 35.5. The summed E-state index contributed by atoms with van der Waals surface area (Å²) in [5.74, 6) is 1.18. The number of halogens is 1. The van der Waals surface area contributed by atoms with Gasteiger partial charge in [-0.05, 0) is 38.0 Å². The highest BCUT2D eigenvalue weighted by molar-refractivity contribution is 6.32. The standard InChI is InChI=1S/C22H25ClN4O2/c1-5-7-15(3)24-19-12-18(16-10-11-20(28)27(4)13-16)25-22(26-19)29-21-14(2)8-6-9-17(21)23/h6,8-13,15H,5,7H2,1-4H3,(H,24,25,26). The molecule has 1 N–H and O–H groups in total. The number of nitrogens with one attached hydrogen (secondary N) is 1. The molecule has 0 aliphatic carbocycles. The van der Waals surface area contributed by atoms with Gasteiger partial charge in [-0.15, -0.1) is 0 Å². The maximum absolute atomic E-state index is 11.7. The fourth-order valence-electron chi connectivity index (χ4n) is 3.03. The fraction of sp³-hybridized carbons (Fsp3) is 0.318. The summed E-state index contributed by atoms with van der Waals surface area (Å²) in [7, 11) is 1.71. The van der Waals surface area contributed by atoms with Crippen LogP contribution in [-0.4, -0.2) is 20.6 Å². The zero-order valence-corrected chi connectivity index (χ0v) is 17.8. The molecular weight excluding hydrogens is 388 g/mol. The largest absolute Gasteiger partial charge is 0.422 e. The lowest BCUT2D eigenvalue weighted by Crippen LogP contribution is -2.16. The van der Waals surface area contributed by atoms with Crippen LogP contribution in [0.2, 0.25) is 5.02 Å². The van der Waals surface area contributed by atoms with Crippen molar-refractivity contribution in [3.05, 3.63) is 63.5 Å². The van der Waals surface area contributed by atoms with Gasteiger partial charge in [-0.25, -0.2) is 0 Å². The molecule has 0 radical (unpaired) electrons. The Morgan fingerprint density at radius 2 is 2.03 bits per heavy atom. The van der Waals surface area contributed by atoms with Crippen LogP contribution in [0, 0.1) is 6.92 Å². The molecule has 1 aromatic carbocycles. The Bertz CT molecular complexity index is 1040. The predicted molar refractivity (Wildman–Crippen MR) is 117 cm³/mol. The number of aryl methyl sites for hydroxylation is 2. The van der Waals surface area contributed by atoms with Crippen LogP contribution in [0.3, 0.4) is 0 Å². The molecule has 0 aliphatic heterocycles. The van der Waals surface area contributed by atoms with Gasteiger partial charge in [0.15, 0.2) is 5.75 Å². The SMILES string of the molecule is CCCC(C)Nc1cc(-c2ccc(=O)n(C)c2)nc(Oc2c(C)cccc2Cl)n1. The summed E-state index contributed by atoms with van der Waals surface area (Å²) in [5, 5.41) is 3.90. The summed E-state index contributed by atoms with van der Waals surface area (Å²) in [6, 6.07) is 11.1. The van der Waals surface area contributed by atoms with E-state index in [1.54, 1.807) is 25.4 Å². The van der Waals surface area contributed by atoms with Crippen molar-refractivity contribution in [2.24, 2.45) is 7.05 Å². The number of hydrogen-bond acceptors (Lipinski definition) is 5. The first-order valence-electron chi connectivity index (χ1n) is 9.63. The molecule has 0 spiro atoms. The van der Waals surface area contributed by atoms with E-state index in [4.69, 9.17) is 16.3 Å². The van der Waals surface area contributed by atoms with Gasteiger partial charge in [0, 0.05) is 37.0 Å². The van der Waals surface area contributed by atoms with Gasteiger partial charge < -0.3 is 14.6 Å². The summed E-state index contributed by atoms with van der Waals surface area (Å²) in [6.45, 7) is 6.17. The number of ether oxygens (including phenoxy) is 1. The molecular formula is C22H25ClN4O2. The predicted octanol–water partition coefficient (Wildman–Crippen LogP) is 5.20. The first kappa shape index (κ1) is 20.9. The average molecular weight is 413 g/mol. The molecule has 0 saturated heterocycles. The van der Waals surface area contributed by atoms with Crippen LogP contribution in [0.15, 0.2) is 47.4 Å². The van der Waals surface area contributed by atoms with E-state index in [0.717, 1.165) is 24.0 Å². The second-order valence-electron chi connectivity index (χ2n) is 7.11. The third kappa shape index (κ3) is 5.15. The molecule has 0 saturated carbocycles. The molecule has 152 valence electrons. The second-order valence-corrected chi connectivity index (χ2v) is 7.52. The molecule has 0 amide bonds. The molecule has 0 aliphatic rings. The number of nitrogens with zero attached hydrogens (tertiary/aromatic N) is 3. The van der Waals surface area contributed by atoms with Crippen molar-refractivity contribution in [1.29, 1.82) is 0 Å². The van der Waals surface area contributed by atoms with Crippen LogP contribution in [0.25, 0.3) is 11.3 Å². The van der Waals surface area contributed by atoms with Crippen molar-refractivity contribution in [2.75, 3.05) is 5.32 Å². The number of benzene rings is 1. The third-order valence-corrected chi connectivity index (χ3v) is 4.86. The summed E-state index contributed by atoms with van der Waals surface area (Å²) in [6.07, 6.45) is 3.82. The van der Waals surface area contributed by atoms with E-state index in [1.165, 1.54) is 10.6 Å². The average Bonchev–Trinajstić information content (AvgIpc) is 2.67. The smallest absolute Gasteiger partial charge is 0.324 e. The van der Waals surface area contributed by atoms with Crippen LogP contribution in [-0.2, 0) is 7.05 Å². The zero-order valence-electron chi connectivity index (χ0n) is 17.1. The third-order valence-electron chi connectivity index (χ3n) is 4.56. The number of pyridine rings is 1. The van der Waals surface area contributed by atoms with Crippen molar-refractivity contribution < 1.29 is 4.74 Å². The van der Waals surface area contributed by atoms with Gasteiger partial charge in [-0.3, -0.25) is 4.79 Å². The van der Waals surface area contributed by atoms with Crippen LogP contribution in [0.5, 0.6) is 11.8 Å². The van der Waals surface area contributed by atoms with Crippen LogP contribution < -0.4 is 15.6 Å². The zero-order chi connectivity index (χ0) is 21.0. The van der Waals surface area contributed by atoms with Crippen molar-refractivity contribution >= 4 is 17.4 Å². The molecule has 0 bridgehead atoms. The van der Waals surface area contributed by atoms with E-state index in [9.17, 15) is 4.79 Å². The molecule has 0 fully saturated rings. The van der Waals surface area contributed by atoms with Crippen molar-refractivity contribution in [1.82, 2.24) is 14.5 Å². The Morgan fingerprint density at radius 1 is 1.24 bits per heavy atom. The number of hydrogen-bond donors (Lipinski definition) is 1. The maximum Gasteiger partial charge on any atom is 0.324 e. The van der Waals surface area contributed by atoms with Crippen molar-refractivity contribution in [2.45, 2.75) is 39.7 Å². The topological polar surface area (TPSA) is 69.0 Å². The normalized spacial score (nSPS) is 11.9. The number of anilines is 1. The van der Waals surface area contributed by atoms with Gasteiger partial charge in [-0.2, -0.15) is 9.97 Å². The molecule has 1 unspecified atom stereocenters. The van der Waals surface area contributed by atoms with Crippen molar-refractivity contribution in [3.63, 3.8) is 0 Å². The first-order valence-corrected chi connectivity index (χ1v) is 10.0. The minimum absolute atomic E-state index is 0.0825. The molecule has 3 rings (SSSR count). The van der Waals surface area contributed by atoms with E-state index < -0.39 is 0 Å². The van der Waals surface area contributed by atoms with Gasteiger partial charge in [-0.1, -0.05) is 37.1 Å². The van der Waals surface area contributed by atoms with Crippen molar-refractivity contribution in [3.8, 4) is 23.0 Å². The molecule has 29 heavy (non-hydrogen) atoms. The van der Waals surface area contributed by atoms with Crippen LogP contribution >= 0.6 is 11.6 Å². The first-order chi connectivity index (χ1) is 13.9. The Hall–Kier alpha value is -2.86. The van der Waals surface area contributed by atoms with Crippen LogP contribution in [0.4, 0.5) is 5.82 Å². The molecule has 2 aromatic heterocycles. The summed E-state index contributed by atoms with van der Waals surface area (Å²) < 4.78 is 7.49. The van der Waals surface area contributed by atoms with Crippen LogP contribution in [0.1, 0.15) is 32.3 Å². The lowest BCUT2D eigenvalue weighted by Gasteiger charge is -2.16. The lowest BCUT2D eigenvalue weighted by molar-refractivity contribution is 0.440. The number of para-hydroxylation sites is 1. The van der Waals surface area contributed by atoms with E-state index in [0.29, 0.717) is 22.3 Å².